The molecule has 0 aromatic carbocycles. The molecule has 3 saturated heterocycles. The fourth-order valence-corrected chi connectivity index (χ4v) is 22.7. The molecule has 0 aromatic heterocycles. The van der Waals surface area contributed by atoms with Gasteiger partial charge in [-0.2, -0.15) is 0 Å². The van der Waals surface area contributed by atoms with Gasteiger partial charge in [-0.25, -0.2) is 0 Å². The van der Waals surface area contributed by atoms with E-state index in [4.69, 9.17) is 0 Å². The number of rotatable bonds is 12. The van der Waals surface area contributed by atoms with Crippen LogP contribution < -0.4 is 0 Å². The second kappa shape index (κ2) is 41.4. The molecule has 58 heavy (non-hydrogen) atoms. The number of hydrogen-bond acceptors (Lipinski definition) is 2. The number of unbranched alkanes of at least 4 members (excludes halogenated alkanes) is 6. The fourth-order valence-electron chi connectivity index (χ4n) is 11.7. The summed E-state index contributed by atoms with van der Waals surface area (Å²) in [5, 5.41) is 18.8. The molecular weight excluding hydrogens is 737 g/mol. The first-order valence-electron chi connectivity index (χ1n) is 28.0. The smallest absolute Gasteiger partial charge is 0.0535 e. The van der Waals surface area contributed by atoms with Gasteiger partial charge in [-0.05, 0) is 12.8 Å². The lowest BCUT2D eigenvalue weighted by Gasteiger charge is -2.33. The fraction of sp³-hybridized carbons (Fsp3) is 1.00. The quantitative estimate of drug-likeness (QED) is 0.152. The monoisotopic (exact) mass is 847 g/mol. The molecule has 0 aliphatic carbocycles. The van der Waals surface area contributed by atoms with Gasteiger partial charge in [0.15, 0.2) is 0 Å². The van der Waals surface area contributed by atoms with E-state index in [1.807, 2.05) is 0 Å². The summed E-state index contributed by atoms with van der Waals surface area (Å²) in [4.78, 5) is 0. The van der Waals surface area contributed by atoms with Crippen LogP contribution in [0.3, 0.4) is 0 Å². The van der Waals surface area contributed by atoms with Crippen molar-refractivity contribution in [2.75, 3.05) is 13.2 Å². The Bertz CT molecular complexity index is 671. The van der Waals surface area contributed by atoms with Crippen LogP contribution >= 0.6 is 0 Å². The van der Waals surface area contributed by atoms with Crippen molar-refractivity contribution in [3.8, 4) is 0 Å². The van der Waals surface area contributed by atoms with Crippen molar-refractivity contribution < 1.29 is 10.2 Å². The van der Waals surface area contributed by atoms with E-state index in [1.165, 1.54) is 270 Å². The van der Waals surface area contributed by atoms with Crippen molar-refractivity contribution in [1.82, 2.24) is 0 Å². The molecule has 0 atom stereocenters. The molecule has 0 radical (unpaired) electrons. The zero-order valence-corrected chi connectivity index (χ0v) is 42.1. The highest BCUT2D eigenvalue weighted by Gasteiger charge is 2.32. The van der Waals surface area contributed by atoms with Gasteiger partial charge >= 0.3 is 0 Å². The van der Waals surface area contributed by atoms with Gasteiger partial charge in [-0.1, -0.05) is 318 Å². The number of hydrogen-bond donors (Lipinski definition) is 2. The van der Waals surface area contributed by atoms with Crippen molar-refractivity contribution in [2.24, 2.45) is 0 Å². The molecule has 0 saturated carbocycles. The molecular formula is C54H110O2Si2. The van der Waals surface area contributed by atoms with Gasteiger partial charge < -0.3 is 10.2 Å². The van der Waals surface area contributed by atoms with Crippen LogP contribution in [-0.2, 0) is 0 Å². The minimum Gasteiger partial charge on any atom is -0.396 e. The van der Waals surface area contributed by atoms with Gasteiger partial charge in [0.05, 0.1) is 16.1 Å². The summed E-state index contributed by atoms with van der Waals surface area (Å²) in [5.74, 6) is 0. The molecule has 0 aromatic rings. The Hall–Kier alpha value is 0.354. The molecule has 2 nitrogen and oxygen atoms in total. The lowest BCUT2D eigenvalue weighted by Crippen LogP contribution is -2.34. The van der Waals surface area contributed by atoms with Gasteiger partial charge in [0.25, 0.3) is 0 Å². The molecule has 0 spiro atoms. The molecule has 2 N–H and O–H groups in total. The summed E-state index contributed by atoms with van der Waals surface area (Å²) in [6, 6.07) is 13.0. The topological polar surface area (TPSA) is 40.5 Å². The first kappa shape index (κ1) is 54.5. The maximum absolute atomic E-state index is 9.42. The minimum absolute atomic E-state index is 0.388. The molecule has 3 aliphatic heterocycles. The standard InChI is InChI=1S/C54H110O2Si2/c55-45-35-25-33-43-53-57-47-37-27-19-13-7-1-2-8-14-20-28-38-48-58(54-44-34-26-36-46-56,51-41-31-23-17-11-5-3-9-15-21-29-39-49-57)52-42-32-24-18-12-6-4-10-16-22-30-40-50-57/h55-56H,1-54H2. The third-order valence-electron chi connectivity index (χ3n) is 15.7. The first-order chi connectivity index (χ1) is 28.7. The lowest BCUT2D eigenvalue weighted by molar-refractivity contribution is 0.282. The Kier molecular flexibility index (Phi) is 38.9. The minimum atomic E-state index is -1.23. The predicted octanol–water partition coefficient (Wildman–Crippen LogP) is 19.1. The summed E-state index contributed by atoms with van der Waals surface area (Å²) in [6.07, 6.45) is 64.2. The van der Waals surface area contributed by atoms with Gasteiger partial charge in [0, 0.05) is 13.2 Å². The first-order valence-corrected chi connectivity index (χ1v) is 33.6. The van der Waals surface area contributed by atoms with E-state index in [2.05, 4.69) is 0 Å². The van der Waals surface area contributed by atoms with Crippen LogP contribution in [0, 0.1) is 0 Å². The Balaban J connectivity index is 2.11. The van der Waals surface area contributed by atoms with Crippen LogP contribution in [0.1, 0.15) is 283 Å². The van der Waals surface area contributed by atoms with E-state index < -0.39 is 16.1 Å². The predicted molar refractivity (Wildman–Crippen MR) is 267 cm³/mol. The summed E-state index contributed by atoms with van der Waals surface area (Å²) in [7, 11) is -2.45. The molecule has 4 heteroatoms. The van der Waals surface area contributed by atoms with E-state index in [-0.39, 0.29) is 0 Å². The maximum Gasteiger partial charge on any atom is 0.0535 e. The van der Waals surface area contributed by atoms with E-state index in [0.29, 0.717) is 13.2 Å². The summed E-state index contributed by atoms with van der Waals surface area (Å²) >= 11 is 0. The zero-order valence-electron chi connectivity index (χ0n) is 40.1. The molecule has 3 fully saturated rings. The van der Waals surface area contributed by atoms with Crippen LogP contribution in [-0.4, -0.2) is 39.6 Å². The van der Waals surface area contributed by atoms with Crippen molar-refractivity contribution in [2.45, 2.75) is 331 Å². The van der Waals surface area contributed by atoms with E-state index in [0.717, 1.165) is 12.8 Å². The van der Waals surface area contributed by atoms with Gasteiger partial charge in [0.1, 0.15) is 0 Å². The normalized spacial score (nSPS) is 26.6. The molecule has 0 unspecified atom stereocenters. The van der Waals surface area contributed by atoms with Crippen molar-refractivity contribution in [3.05, 3.63) is 0 Å². The number of aliphatic hydroxyl groups excluding tert-OH is 2. The van der Waals surface area contributed by atoms with Crippen LogP contribution in [0.5, 0.6) is 0 Å². The van der Waals surface area contributed by atoms with Crippen molar-refractivity contribution >= 4 is 16.1 Å². The van der Waals surface area contributed by atoms with Crippen molar-refractivity contribution in [3.63, 3.8) is 0 Å². The SMILES string of the molecule is OCCCCCC[Si]12CCCCCCCCCCCCCC[Si](CCCCCCO)(CCCCCCCCCCCCCC1)CCCCCCCCCCCCCC2. The van der Waals surface area contributed by atoms with Gasteiger partial charge in [-0.3, -0.25) is 0 Å². The number of fused-ring (bicyclic) bond motifs is 39. The maximum atomic E-state index is 9.42. The molecule has 3 heterocycles. The van der Waals surface area contributed by atoms with Gasteiger partial charge in [0.2, 0.25) is 0 Å². The second-order valence-corrected chi connectivity index (χ2v) is 31.0. The Morgan fingerprint density at radius 2 is 0.345 bits per heavy atom. The third kappa shape index (κ3) is 32.1. The second-order valence-electron chi connectivity index (χ2n) is 21.0. The van der Waals surface area contributed by atoms with E-state index in [1.54, 1.807) is 48.4 Å². The van der Waals surface area contributed by atoms with Crippen molar-refractivity contribution in [1.29, 1.82) is 0 Å². The van der Waals surface area contributed by atoms with Crippen LogP contribution in [0.2, 0.25) is 48.4 Å². The summed E-state index contributed by atoms with van der Waals surface area (Å²) in [6.45, 7) is 0.776. The average Bonchev–Trinajstić information content (AvgIpc) is 3.23. The van der Waals surface area contributed by atoms with Crippen LogP contribution in [0.25, 0.3) is 0 Å². The molecule has 346 valence electrons. The molecule has 2 bridgehead atoms. The highest BCUT2D eigenvalue weighted by atomic mass is 28.3. The Morgan fingerprint density at radius 3 is 0.517 bits per heavy atom. The molecule has 3 aliphatic rings. The third-order valence-corrected chi connectivity index (χ3v) is 27.0. The Morgan fingerprint density at radius 1 is 0.190 bits per heavy atom. The summed E-state index contributed by atoms with van der Waals surface area (Å²) in [5.41, 5.74) is 0. The zero-order chi connectivity index (χ0) is 41.2. The molecule has 0 amide bonds. The van der Waals surface area contributed by atoms with E-state index >= 15 is 0 Å². The molecule has 3 rings (SSSR count). The van der Waals surface area contributed by atoms with E-state index in [9.17, 15) is 10.2 Å². The lowest BCUT2D eigenvalue weighted by atomic mass is 10.1. The number of aliphatic hydroxyl groups is 2. The van der Waals surface area contributed by atoms with Crippen LogP contribution in [0.15, 0.2) is 0 Å². The average molecular weight is 848 g/mol. The summed E-state index contributed by atoms with van der Waals surface area (Å²) < 4.78 is 0. The Labute approximate surface area is 368 Å². The van der Waals surface area contributed by atoms with Crippen LogP contribution in [0.4, 0.5) is 0 Å². The largest absolute Gasteiger partial charge is 0.396 e. The highest BCUT2D eigenvalue weighted by Crippen LogP contribution is 2.37. The van der Waals surface area contributed by atoms with Gasteiger partial charge in [-0.15, -0.1) is 0 Å². The highest BCUT2D eigenvalue weighted by molar-refractivity contribution is 6.80.